The topological polar surface area (TPSA) is 338 Å². The second kappa shape index (κ2) is 67.6. The molecule has 0 heterocycles. The number of carbonyl (C=O) groups is 8. The minimum Gasteiger partial charge on any atom is -0.481 e. The molecule has 0 aliphatic rings. The molecule has 2 rings (SSSR count). The van der Waals surface area contributed by atoms with E-state index >= 15 is 0 Å². The average Bonchev–Trinajstić information content (AvgIpc) is 0.875. The number of rotatable bonds is 39. The SMILES string of the molecule is C=C(C)C(O)OCC(COC)OC.C=CCOC(=O)C(C)(C)CC.CC(=O)CCCCCCCNC(C)=O.CC(=O)Nc1ccc(Cc2ccc(NC(C)=O)cc2)cc1.CCC(C)(C)C(=O)NC(C)C.CCC(C)(C)C(=O)O.COCC(C)(COC)C(=O)O.COCC(C)OC.COCCOC. The van der Waals surface area contributed by atoms with Gasteiger partial charge in [-0.2, -0.15) is 0 Å². The van der Waals surface area contributed by atoms with Gasteiger partial charge in [-0.15, -0.1) is 0 Å². The Bertz CT molecular complexity index is 2400. The number of hydrogen-bond acceptors (Lipinski definition) is 19. The zero-order valence-corrected chi connectivity index (χ0v) is 67.5. The van der Waals surface area contributed by atoms with Crippen LogP contribution in [0.1, 0.15) is 194 Å². The number of carbonyl (C=O) groups excluding carboxylic acids is 6. The number of ketones is 1. The Morgan fingerprint density at radius 1 is 0.539 bits per heavy atom. The first-order chi connectivity index (χ1) is 47.5. The van der Waals surface area contributed by atoms with Gasteiger partial charge in [0.2, 0.25) is 23.6 Å². The molecule has 25 nitrogen and oxygen atoms in total. The minimum atomic E-state index is -0.927. The highest BCUT2D eigenvalue weighted by Crippen LogP contribution is 2.23. The number of carboxylic acids is 2. The monoisotopic (exact) mass is 1460 g/mol. The van der Waals surface area contributed by atoms with Crippen LogP contribution in [0.3, 0.4) is 0 Å². The lowest BCUT2D eigenvalue weighted by molar-refractivity contribution is -0.155. The molecule has 0 fully saturated rings. The highest BCUT2D eigenvalue weighted by Gasteiger charge is 2.33. The van der Waals surface area contributed by atoms with Gasteiger partial charge in [-0.25, -0.2) is 0 Å². The van der Waals surface area contributed by atoms with Crippen molar-refractivity contribution in [3.63, 3.8) is 0 Å². The summed E-state index contributed by atoms with van der Waals surface area (Å²) in [5.41, 5.74) is 2.45. The molecule has 0 saturated carbocycles. The Hall–Kier alpha value is -6.52. The molecule has 0 spiro atoms. The third kappa shape index (κ3) is 69.2. The van der Waals surface area contributed by atoms with Crippen molar-refractivity contribution < 1.29 is 101 Å². The molecule has 7 N–H and O–H groups in total. The third-order valence-corrected chi connectivity index (χ3v) is 14.5. The third-order valence-electron chi connectivity index (χ3n) is 14.5. The average molecular weight is 1460 g/mol. The number of Topliss-reactive ketones (excluding diaryl/α,β-unsaturated/α-hetero) is 1. The summed E-state index contributed by atoms with van der Waals surface area (Å²) in [4.78, 5) is 86.5. The minimum absolute atomic E-state index is 0.0431. The van der Waals surface area contributed by atoms with Crippen LogP contribution in [0.15, 0.2) is 73.3 Å². The lowest BCUT2D eigenvalue weighted by Crippen LogP contribution is -2.40. The fourth-order valence-electron chi connectivity index (χ4n) is 6.57. The maximum atomic E-state index is 11.4. The number of methoxy groups -OCH3 is 8. The van der Waals surface area contributed by atoms with E-state index in [1.54, 1.807) is 83.4 Å². The van der Waals surface area contributed by atoms with E-state index < -0.39 is 29.1 Å². The number of unbranched alkanes of at least 4 members (excludes halogenated alkanes) is 4. The second-order valence-corrected chi connectivity index (χ2v) is 26.2. The van der Waals surface area contributed by atoms with Crippen LogP contribution in [0.25, 0.3) is 0 Å². The first-order valence-corrected chi connectivity index (χ1v) is 34.5. The normalized spacial score (nSPS) is 11.5. The number of ether oxygens (including phenoxy) is 10. The molecule has 3 atom stereocenters. The van der Waals surface area contributed by atoms with Crippen molar-refractivity contribution in [2.75, 3.05) is 127 Å². The zero-order chi connectivity index (χ0) is 80.5. The van der Waals surface area contributed by atoms with Crippen LogP contribution >= 0.6 is 0 Å². The Morgan fingerprint density at radius 3 is 1.26 bits per heavy atom. The molecule has 594 valence electrons. The summed E-state index contributed by atoms with van der Waals surface area (Å²) in [6.45, 7) is 43.5. The molecule has 2 aromatic carbocycles. The Kier molecular flexibility index (Phi) is 72.2. The summed E-state index contributed by atoms with van der Waals surface area (Å²) in [7, 11) is 12.7. The predicted octanol–water partition coefficient (Wildman–Crippen LogP) is 12.7. The van der Waals surface area contributed by atoms with E-state index in [2.05, 4.69) is 43.9 Å². The van der Waals surface area contributed by atoms with E-state index in [1.165, 1.54) is 35.0 Å². The summed E-state index contributed by atoms with van der Waals surface area (Å²) < 4.78 is 48.3. The van der Waals surface area contributed by atoms with Gasteiger partial charge >= 0.3 is 17.9 Å². The number of hydrogen-bond donors (Lipinski definition) is 7. The van der Waals surface area contributed by atoms with E-state index in [1.807, 2.05) is 118 Å². The van der Waals surface area contributed by atoms with Gasteiger partial charge in [0.05, 0.1) is 63.2 Å². The zero-order valence-electron chi connectivity index (χ0n) is 67.5. The van der Waals surface area contributed by atoms with Gasteiger partial charge in [0, 0.05) is 113 Å². The van der Waals surface area contributed by atoms with E-state index in [0.717, 1.165) is 80.4 Å². The van der Waals surface area contributed by atoms with Gasteiger partial charge in [-0.05, 0) is 149 Å². The molecule has 2 aromatic rings. The predicted molar refractivity (Wildman–Crippen MR) is 407 cm³/mol. The molecule has 0 aromatic heterocycles. The number of aliphatic hydroxyl groups excluding tert-OH is 1. The molecule has 4 amide bonds. The maximum absolute atomic E-state index is 11.4. The largest absolute Gasteiger partial charge is 0.481 e. The molecular weight excluding hydrogens is 1320 g/mol. The summed E-state index contributed by atoms with van der Waals surface area (Å²) in [5, 5.41) is 37.5. The number of amides is 4. The molecule has 102 heavy (non-hydrogen) atoms. The molecule has 0 aliphatic carbocycles. The number of aliphatic carboxylic acids is 2. The highest BCUT2D eigenvalue weighted by molar-refractivity contribution is 5.89. The Balaban J connectivity index is -0.000000204. The van der Waals surface area contributed by atoms with E-state index in [9.17, 15) is 43.5 Å². The van der Waals surface area contributed by atoms with Crippen LogP contribution in [0, 0.1) is 21.7 Å². The lowest BCUT2D eigenvalue weighted by atomic mass is 9.89. The highest BCUT2D eigenvalue weighted by atomic mass is 16.6. The maximum Gasteiger partial charge on any atom is 0.314 e. The van der Waals surface area contributed by atoms with Crippen molar-refractivity contribution in [3.05, 3.63) is 84.5 Å². The van der Waals surface area contributed by atoms with Crippen LogP contribution < -0.4 is 21.3 Å². The van der Waals surface area contributed by atoms with Gasteiger partial charge in [0.1, 0.15) is 23.9 Å². The first kappa shape index (κ1) is 109. The van der Waals surface area contributed by atoms with Gasteiger partial charge in [-0.3, -0.25) is 33.6 Å². The number of carboxylic acid groups (broad SMARTS) is 2. The Labute approximate surface area is 614 Å². The quantitative estimate of drug-likeness (QED) is 0.0141. The standard InChI is InChI=1S/C17H18N2O2.C11H21NO2.C9H19NO.C9H18O4.C9H16O2.C7H14O4.C6H12O2.C5H12O2.C4H10O2/c1-12(20)18-16-7-3-14(4-8-16)11-15-5-9-17(10-6-15)19-13(2)21;1-10(13)8-6-4-3-5-7-9-12-11(2)14;1-6-9(4,5)8(11)10-7(2)3;1-7(2)9(10)13-6-8(12-4)5-11-3;1-5-7-11-8(10)9(3,4)6-2;1-7(4-10-2,5-11-3)6(8)9;1-4-6(2,3)5(7)8;1-5(7-3)4-6-2;1-5-3-4-6-2/h3-10H,11H2,1-2H3,(H,18,20)(H,19,21);3-9H2,1-2H3,(H,12,14);7H,6H2,1-5H3,(H,10,11);8-10H,1,5-6H2,2-4H3;5H,1,6-7H2,2-4H3;4-5H2,1-3H3,(H,8,9);4H2,1-3H3,(H,7,8);5H,4H2,1-3H3;3-4H2,1-2H3. The van der Waals surface area contributed by atoms with Crippen molar-refractivity contribution >= 4 is 58.7 Å². The van der Waals surface area contributed by atoms with Crippen LogP contribution in [0.5, 0.6) is 0 Å². The molecule has 25 heteroatoms. The van der Waals surface area contributed by atoms with E-state index in [-0.39, 0.29) is 77.7 Å². The van der Waals surface area contributed by atoms with Gasteiger partial charge in [0.15, 0.2) is 6.29 Å². The molecule has 3 unspecified atom stereocenters. The van der Waals surface area contributed by atoms with Crippen LogP contribution in [0.4, 0.5) is 11.4 Å². The van der Waals surface area contributed by atoms with Crippen LogP contribution in [0.2, 0.25) is 0 Å². The van der Waals surface area contributed by atoms with Crippen LogP contribution in [-0.4, -0.2) is 203 Å². The van der Waals surface area contributed by atoms with Gasteiger partial charge in [-0.1, -0.05) is 97.4 Å². The fourth-order valence-corrected chi connectivity index (χ4v) is 6.57. The number of benzene rings is 2. The summed E-state index contributed by atoms with van der Waals surface area (Å²) >= 11 is 0. The first-order valence-electron chi connectivity index (χ1n) is 34.5. The van der Waals surface area contributed by atoms with E-state index in [4.69, 9.17) is 48.1 Å². The van der Waals surface area contributed by atoms with Crippen molar-refractivity contribution in [1.82, 2.24) is 10.6 Å². The smallest absolute Gasteiger partial charge is 0.314 e. The second-order valence-electron chi connectivity index (χ2n) is 26.2. The summed E-state index contributed by atoms with van der Waals surface area (Å²) in [6, 6.07) is 15.8. The summed E-state index contributed by atoms with van der Waals surface area (Å²) in [6.07, 6.45) is 10.1. The molecule has 0 aliphatic heterocycles. The van der Waals surface area contributed by atoms with Crippen molar-refractivity contribution in [2.24, 2.45) is 21.7 Å². The molecule has 0 saturated heterocycles. The molecule has 0 bridgehead atoms. The van der Waals surface area contributed by atoms with Crippen molar-refractivity contribution in [3.8, 4) is 0 Å². The number of nitrogens with one attached hydrogen (secondary N) is 4. The van der Waals surface area contributed by atoms with Crippen molar-refractivity contribution in [1.29, 1.82) is 0 Å². The fraction of sp³-hybridized carbons (Fsp3) is 0.688. The van der Waals surface area contributed by atoms with Gasteiger partial charge in [0.25, 0.3) is 0 Å². The van der Waals surface area contributed by atoms with Crippen molar-refractivity contribution in [2.45, 2.75) is 213 Å². The lowest BCUT2D eigenvalue weighted by Gasteiger charge is -2.22. The number of anilines is 2. The summed E-state index contributed by atoms with van der Waals surface area (Å²) in [5.74, 6) is -1.45. The van der Waals surface area contributed by atoms with E-state index in [0.29, 0.717) is 58.1 Å². The van der Waals surface area contributed by atoms with Gasteiger partial charge < -0.3 is 88.7 Å². The van der Waals surface area contributed by atoms with Crippen LogP contribution in [-0.2, 0) is 92.1 Å². The Morgan fingerprint density at radius 2 is 0.971 bits per heavy atom. The number of aliphatic hydroxyl groups is 1. The number of esters is 1. The molecule has 0 radical (unpaired) electrons. The molecular formula is C77H140N4O21.